The number of hydrogen-bond acceptors (Lipinski definition) is 4. The van der Waals surface area contributed by atoms with Crippen molar-refractivity contribution in [2.75, 3.05) is 0 Å². The molecule has 2 aromatic rings. The summed E-state index contributed by atoms with van der Waals surface area (Å²) in [6.45, 7) is 2.00. The fraction of sp³-hybridized carbons (Fsp3) is 0.182. The maximum Gasteiger partial charge on any atom is 0.169 e. The van der Waals surface area contributed by atoms with Crippen LogP contribution >= 0.6 is 22.9 Å². The highest BCUT2D eigenvalue weighted by Crippen LogP contribution is 2.27. The van der Waals surface area contributed by atoms with Gasteiger partial charge in [-0.05, 0) is 18.6 Å². The Labute approximate surface area is 102 Å². The van der Waals surface area contributed by atoms with E-state index in [0.29, 0.717) is 10.8 Å². The molecule has 0 aliphatic heterocycles. The van der Waals surface area contributed by atoms with Crippen LogP contribution < -0.4 is 0 Å². The van der Waals surface area contributed by atoms with Crippen LogP contribution in [0.15, 0.2) is 18.3 Å². The van der Waals surface area contributed by atoms with Crippen LogP contribution in [0.4, 0.5) is 0 Å². The fourth-order valence-electron chi connectivity index (χ4n) is 1.33. The summed E-state index contributed by atoms with van der Waals surface area (Å²) in [5, 5.41) is 1.26. The third kappa shape index (κ3) is 2.13. The topological polar surface area (TPSA) is 42.9 Å². The molecule has 5 heteroatoms. The number of halogens is 1. The van der Waals surface area contributed by atoms with Gasteiger partial charge in [0.05, 0.1) is 0 Å². The lowest BCUT2D eigenvalue weighted by Gasteiger charge is -1.94. The molecule has 82 valence electrons. The van der Waals surface area contributed by atoms with Gasteiger partial charge in [0.2, 0.25) is 0 Å². The summed E-state index contributed by atoms with van der Waals surface area (Å²) >= 11 is 7.22. The molecule has 0 radical (unpaired) electrons. The Bertz CT molecular complexity index is 507. The van der Waals surface area contributed by atoms with E-state index in [9.17, 15) is 4.79 Å². The molecule has 2 heterocycles. The lowest BCUT2D eigenvalue weighted by atomic mass is 10.3. The molecule has 0 aliphatic rings. The molecule has 3 nitrogen and oxygen atoms in total. The van der Waals surface area contributed by atoms with Crippen molar-refractivity contribution in [2.24, 2.45) is 0 Å². The van der Waals surface area contributed by atoms with Gasteiger partial charge in [0.15, 0.2) is 6.29 Å². The first-order chi connectivity index (χ1) is 7.74. The lowest BCUT2D eigenvalue weighted by molar-refractivity contribution is 0.111. The van der Waals surface area contributed by atoms with Crippen LogP contribution in [0.2, 0.25) is 5.15 Å². The zero-order valence-electron chi connectivity index (χ0n) is 8.61. The zero-order chi connectivity index (χ0) is 11.5. The van der Waals surface area contributed by atoms with Gasteiger partial charge in [0, 0.05) is 16.6 Å². The quantitative estimate of drug-likeness (QED) is 0.622. The third-order valence-electron chi connectivity index (χ3n) is 2.13. The highest BCUT2D eigenvalue weighted by atomic mass is 35.5. The Morgan fingerprint density at radius 2 is 2.31 bits per heavy atom. The molecule has 0 aliphatic carbocycles. The van der Waals surface area contributed by atoms with E-state index in [1.54, 1.807) is 12.3 Å². The summed E-state index contributed by atoms with van der Waals surface area (Å²) in [5.41, 5.74) is 1.41. The van der Waals surface area contributed by atoms with Crippen molar-refractivity contribution < 1.29 is 4.79 Å². The van der Waals surface area contributed by atoms with Gasteiger partial charge in [-0.2, -0.15) is 0 Å². The molecule has 0 saturated heterocycles. The molecule has 2 rings (SSSR count). The van der Waals surface area contributed by atoms with Crippen LogP contribution in [0.3, 0.4) is 0 Å². The molecule has 0 spiro atoms. The number of carbonyl (C=O) groups excluding carboxylic acids is 1. The van der Waals surface area contributed by atoms with E-state index in [2.05, 4.69) is 9.97 Å². The first-order valence-corrected chi connectivity index (χ1v) is 6.01. The van der Waals surface area contributed by atoms with Gasteiger partial charge in [0.1, 0.15) is 15.9 Å². The molecule has 0 saturated carbocycles. The number of aromatic nitrogens is 2. The predicted octanol–water partition coefficient (Wildman–Crippen LogP) is 3.23. The molecular weight excluding hydrogens is 244 g/mol. The molecule has 2 aromatic heterocycles. The summed E-state index contributed by atoms with van der Waals surface area (Å²) in [5.74, 6) is 0. The third-order valence-corrected chi connectivity index (χ3v) is 3.62. The lowest BCUT2D eigenvalue weighted by Crippen LogP contribution is -1.85. The average Bonchev–Trinajstić information content (AvgIpc) is 2.73. The summed E-state index contributed by atoms with van der Waals surface area (Å²) in [4.78, 5) is 20.0. The van der Waals surface area contributed by atoms with Crippen molar-refractivity contribution in [3.05, 3.63) is 34.1 Å². The maximum absolute atomic E-state index is 10.8. The Kier molecular flexibility index (Phi) is 3.31. The SMILES string of the molecule is CCc1sc(-c2ccc(Cl)nc2)nc1C=O. The highest BCUT2D eigenvalue weighted by molar-refractivity contribution is 7.15. The predicted molar refractivity (Wildman–Crippen MR) is 65.1 cm³/mol. The van der Waals surface area contributed by atoms with Crippen LogP contribution in [0.5, 0.6) is 0 Å². The minimum absolute atomic E-state index is 0.451. The minimum Gasteiger partial charge on any atom is -0.296 e. The van der Waals surface area contributed by atoms with Gasteiger partial charge in [-0.15, -0.1) is 11.3 Å². The number of rotatable bonds is 3. The van der Waals surface area contributed by atoms with E-state index in [1.807, 2.05) is 13.0 Å². The van der Waals surface area contributed by atoms with Crippen LogP contribution in [0.1, 0.15) is 22.3 Å². The molecular formula is C11H9ClN2OS. The summed E-state index contributed by atoms with van der Waals surface area (Å²) in [6, 6.07) is 3.56. The highest BCUT2D eigenvalue weighted by Gasteiger charge is 2.10. The van der Waals surface area contributed by atoms with Crippen LogP contribution in [-0.2, 0) is 6.42 Å². The molecule has 0 bridgehead atoms. The first-order valence-electron chi connectivity index (χ1n) is 4.81. The Balaban J connectivity index is 2.44. The van der Waals surface area contributed by atoms with Crippen LogP contribution in [-0.4, -0.2) is 16.3 Å². The number of pyridine rings is 1. The Morgan fingerprint density at radius 3 is 2.81 bits per heavy atom. The first kappa shape index (κ1) is 11.2. The summed E-state index contributed by atoms with van der Waals surface area (Å²) < 4.78 is 0. The monoisotopic (exact) mass is 252 g/mol. The summed E-state index contributed by atoms with van der Waals surface area (Å²) in [7, 11) is 0. The van der Waals surface area contributed by atoms with E-state index in [-0.39, 0.29) is 0 Å². The Morgan fingerprint density at radius 1 is 1.50 bits per heavy atom. The van der Waals surface area contributed by atoms with E-state index in [1.165, 1.54) is 11.3 Å². The van der Waals surface area contributed by atoms with Crippen molar-refractivity contribution in [1.82, 2.24) is 9.97 Å². The number of aryl methyl sites for hydroxylation is 1. The molecule has 0 unspecified atom stereocenters. The number of nitrogens with zero attached hydrogens (tertiary/aromatic N) is 2. The number of thiazole rings is 1. The van der Waals surface area contributed by atoms with E-state index in [4.69, 9.17) is 11.6 Å². The molecule has 0 fully saturated rings. The standard InChI is InChI=1S/C11H9ClN2OS/c1-2-9-8(6-15)14-11(16-9)7-3-4-10(12)13-5-7/h3-6H,2H2,1H3. The van der Waals surface area contributed by atoms with Crippen LogP contribution in [0, 0.1) is 0 Å². The van der Waals surface area contributed by atoms with Crippen molar-refractivity contribution >= 4 is 29.2 Å². The molecule has 0 amide bonds. The molecule has 16 heavy (non-hydrogen) atoms. The van der Waals surface area contributed by atoms with E-state index in [0.717, 1.165) is 28.2 Å². The molecule has 0 atom stereocenters. The maximum atomic E-state index is 10.8. The van der Waals surface area contributed by atoms with Gasteiger partial charge in [-0.25, -0.2) is 9.97 Å². The second-order valence-electron chi connectivity index (χ2n) is 3.17. The van der Waals surface area contributed by atoms with Crippen LogP contribution in [0.25, 0.3) is 10.6 Å². The summed E-state index contributed by atoms with van der Waals surface area (Å²) in [6.07, 6.45) is 3.27. The second kappa shape index (κ2) is 4.72. The van der Waals surface area contributed by atoms with Gasteiger partial charge in [-0.1, -0.05) is 18.5 Å². The van der Waals surface area contributed by atoms with Gasteiger partial charge in [0.25, 0.3) is 0 Å². The average molecular weight is 253 g/mol. The molecule has 0 aromatic carbocycles. The van der Waals surface area contributed by atoms with Crippen molar-refractivity contribution in [1.29, 1.82) is 0 Å². The van der Waals surface area contributed by atoms with Crippen molar-refractivity contribution in [3.63, 3.8) is 0 Å². The fourth-order valence-corrected chi connectivity index (χ4v) is 2.41. The van der Waals surface area contributed by atoms with Gasteiger partial charge >= 0.3 is 0 Å². The largest absolute Gasteiger partial charge is 0.296 e. The zero-order valence-corrected chi connectivity index (χ0v) is 10.2. The Hall–Kier alpha value is -1.26. The normalized spacial score (nSPS) is 10.4. The van der Waals surface area contributed by atoms with Gasteiger partial charge < -0.3 is 0 Å². The number of carbonyl (C=O) groups is 1. The number of aldehydes is 1. The minimum atomic E-state index is 0.451. The van der Waals surface area contributed by atoms with E-state index >= 15 is 0 Å². The van der Waals surface area contributed by atoms with Crippen molar-refractivity contribution in [3.8, 4) is 10.6 Å². The number of hydrogen-bond donors (Lipinski definition) is 0. The van der Waals surface area contributed by atoms with E-state index < -0.39 is 0 Å². The van der Waals surface area contributed by atoms with Crippen molar-refractivity contribution in [2.45, 2.75) is 13.3 Å². The smallest absolute Gasteiger partial charge is 0.169 e. The molecule has 0 N–H and O–H groups in total. The second-order valence-corrected chi connectivity index (χ2v) is 4.64. The van der Waals surface area contributed by atoms with Gasteiger partial charge in [-0.3, -0.25) is 4.79 Å².